The van der Waals surface area contributed by atoms with Crippen molar-refractivity contribution in [3.05, 3.63) is 24.3 Å². The second kappa shape index (κ2) is 7.79. The molecule has 1 aromatic rings. The molecule has 2 aliphatic rings. The van der Waals surface area contributed by atoms with Crippen LogP contribution in [0.2, 0.25) is 0 Å². The summed E-state index contributed by atoms with van der Waals surface area (Å²) in [6, 6.07) is 6.90. The van der Waals surface area contributed by atoms with Crippen LogP contribution in [0.3, 0.4) is 0 Å². The van der Waals surface area contributed by atoms with Gasteiger partial charge in [-0.15, -0.1) is 0 Å². The number of piperidine rings is 2. The van der Waals surface area contributed by atoms with E-state index in [9.17, 15) is 9.90 Å². The maximum absolute atomic E-state index is 12.4. The Morgan fingerprint density at radius 2 is 1.87 bits per heavy atom. The van der Waals surface area contributed by atoms with Gasteiger partial charge in [0, 0.05) is 12.5 Å². The molecule has 0 bridgehead atoms. The van der Waals surface area contributed by atoms with Crippen molar-refractivity contribution in [2.45, 2.75) is 25.7 Å². The van der Waals surface area contributed by atoms with E-state index in [0.717, 1.165) is 44.9 Å². The average Bonchev–Trinajstić information content (AvgIpc) is 2.58. The molecule has 1 aromatic carbocycles. The lowest BCUT2D eigenvalue weighted by Crippen LogP contribution is -2.42. The molecule has 3 rings (SSSR count). The highest BCUT2D eigenvalue weighted by atomic mass is 16.3. The third-order valence-corrected chi connectivity index (χ3v) is 5.10. The zero-order valence-corrected chi connectivity index (χ0v) is 13.6. The highest BCUT2D eigenvalue weighted by molar-refractivity contribution is 5.93. The number of carbonyl (C=O) groups is 1. The summed E-state index contributed by atoms with van der Waals surface area (Å²) in [5.41, 5.74) is 0.509. The Morgan fingerprint density at radius 3 is 2.57 bits per heavy atom. The van der Waals surface area contributed by atoms with Crippen LogP contribution in [0.4, 0.5) is 5.69 Å². The number of rotatable bonds is 4. The quantitative estimate of drug-likeness (QED) is 0.744. The van der Waals surface area contributed by atoms with Crippen LogP contribution in [0.1, 0.15) is 25.7 Å². The zero-order valence-electron chi connectivity index (χ0n) is 13.6. The minimum absolute atomic E-state index is 0.0352. The number of hydrogen-bond donors (Lipinski definition) is 3. The van der Waals surface area contributed by atoms with Crippen LogP contribution in [0.15, 0.2) is 24.3 Å². The average molecular weight is 317 g/mol. The molecule has 0 radical (unpaired) electrons. The van der Waals surface area contributed by atoms with Crippen molar-refractivity contribution < 1.29 is 9.90 Å². The first-order chi connectivity index (χ1) is 11.2. The number of phenols is 1. The van der Waals surface area contributed by atoms with Crippen molar-refractivity contribution in [3.63, 3.8) is 0 Å². The molecule has 0 saturated carbocycles. The van der Waals surface area contributed by atoms with E-state index in [0.29, 0.717) is 5.69 Å². The van der Waals surface area contributed by atoms with Crippen LogP contribution in [-0.4, -0.2) is 48.6 Å². The number of phenolic OH excluding ortho intramolecular Hbond substituents is 1. The maximum atomic E-state index is 12.4. The van der Waals surface area contributed by atoms with Gasteiger partial charge in [-0.25, -0.2) is 0 Å². The van der Waals surface area contributed by atoms with Gasteiger partial charge in [0.05, 0.1) is 5.69 Å². The predicted octanol–water partition coefficient (Wildman–Crippen LogP) is 2.04. The fraction of sp³-hybridized carbons (Fsp3) is 0.611. The number of anilines is 1. The van der Waals surface area contributed by atoms with Crippen LogP contribution >= 0.6 is 0 Å². The fourth-order valence-corrected chi connectivity index (χ4v) is 3.62. The van der Waals surface area contributed by atoms with Gasteiger partial charge >= 0.3 is 0 Å². The molecular weight excluding hydrogens is 290 g/mol. The summed E-state index contributed by atoms with van der Waals surface area (Å²) in [6.45, 7) is 5.47. The molecule has 3 N–H and O–H groups in total. The summed E-state index contributed by atoms with van der Waals surface area (Å²) in [7, 11) is 0. The van der Waals surface area contributed by atoms with Crippen molar-refractivity contribution in [1.29, 1.82) is 0 Å². The van der Waals surface area contributed by atoms with E-state index >= 15 is 0 Å². The van der Waals surface area contributed by atoms with Gasteiger partial charge in [-0.1, -0.05) is 12.1 Å². The summed E-state index contributed by atoms with van der Waals surface area (Å²) in [5, 5.41) is 16.0. The summed E-state index contributed by atoms with van der Waals surface area (Å²) in [5.74, 6) is 1.03. The first-order valence-electron chi connectivity index (χ1n) is 8.74. The van der Waals surface area contributed by atoms with E-state index in [4.69, 9.17) is 0 Å². The smallest absolute Gasteiger partial charge is 0.227 e. The highest BCUT2D eigenvalue weighted by Crippen LogP contribution is 2.25. The van der Waals surface area contributed by atoms with E-state index in [2.05, 4.69) is 15.5 Å². The number of nitrogens with zero attached hydrogens (tertiary/aromatic N) is 1. The molecule has 0 aromatic heterocycles. The van der Waals surface area contributed by atoms with E-state index in [-0.39, 0.29) is 17.6 Å². The minimum Gasteiger partial charge on any atom is -0.506 e. The lowest BCUT2D eigenvalue weighted by atomic mass is 9.93. The predicted molar refractivity (Wildman–Crippen MR) is 91.5 cm³/mol. The first kappa shape index (κ1) is 16.3. The molecule has 2 saturated heterocycles. The van der Waals surface area contributed by atoms with E-state index in [1.807, 2.05) is 6.07 Å². The molecule has 1 amide bonds. The molecule has 23 heavy (non-hydrogen) atoms. The van der Waals surface area contributed by atoms with Crippen LogP contribution in [-0.2, 0) is 4.79 Å². The van der Waals surface area contributed by atoms with Crippen molar-refractivity contribution >= 4 is 11.6 Å². The number of hydrogen-bond acceptors (Lipinski definition) is 4. The van der Waals surface area contributed by atoms with Crippen LogP contribution in [0.5, 0.6) is 5.75 Å². The molecule has 2 fully saturated rings. The van der Waals surface area contributed by atoms with Gasteiger partial charge in [0.25, 0.3) is 0 Å². The van der Waals surface area contributed by atoms with Crippen LogP contribution in [0, 0.1) is 11.8 Å². The van der Waals surface area contributed by atoms with E-state index in [1.54, 1.807) is 18.2 Å². The SMILES string of the molecule is O=C(Nc1ccccc1O)C1CCN(CC2CCNCC2)CC1. The number of aromatic hydroxyl groups is 1. The lowest BCUT2D eigenvalue weighted by molar-refractivity contribution is -0.121. The Morgan fingerprint density at radius 1 is 1.17 bits per heavy atom. The van der Waals surface area contributed by atoms with Crippen molar-refractivity contribution in [2.24, 2.45) is 11.8 Å². The first-order valence-corrected chi connectivity index (χ1v) is 8.74. The molecule has 0 unspecified atom stereocenters. The molecule has 5 heteroatoms. The Bertz CT molecular complexity index is 521. The molecule has 126 valence electrons. The van der Waals surface area contributed by atoms with Crippen LogP contribution in [0.25, 0.3) is 0 Å². The Hall–Kier alpha value is -1.59. The molecule has 0 atom stereocenters. The second-order valence-corrected chi connectivity index (χ2v) is 6.77. The van der Waals surface area contributed by atoms with Gasteiger partial charge in [0.15, 0.2) is 0 Å². The minimum atomic E-state index is 0.0352. The molecule has 2 heterocycles. The number of para-hydroxylation sites is 2. The number of carbonyl (C=O) groups excluding carboxylic acids is 1. The summed E-state index contributed by atoms with van der Waals surface area (Å²) in [4.78, 5) is 14.9. The fourth-order valence-electron chi connectivity index (χ4n) is 3.62. The van der Waals surface area contributed by atoms with Crippen LogP contribution < -0.4 is 10.6 Å². The summed E-state index contributed by atoms with van der Waals surface area (Å²) >= 11 is 0. The van der Waals surface area contributed by atoms with Gasteiger partial charge < -0.3 is 20.6 Å². The summed E-state index contributed by atoms with van der Waals surface area (Å²) in [6.07, 6.45) is 4.36. The summed E-state index contributed by atoms with van der Waals surface area (Å²) < 4.78 is 0. The molecule has 2 aliphatic heterocycles. The normalized spacial score (nSPS) is 21.2. The Balaban J connectivity index is 1.45. The van der Waals surface area contributed by atoms with Gasteiger partial charge in [-0.3, -0.25) is 4.79 Å². The molecular formula is C18H27N3O2. The Labute approximate surface area is 138 Å². The van der Waals surface area contributed by atoms with Gasteiger partial charge in [-0.05, 0) is 69.9 Å². The van der Waals surface area contributed by atoms with Crippen molar-refractivity contribution in [1.82, 2.24) is 10.2 Å². The standard InChI is InChI=1S/C18H27N3O2/c22-17-4-2-1-3-16(17)20-18(23)15-7-11-21(12-8-15)13-14-5-9-19-10-6-14/h1-4,14-15,19,22H,5-13H2,(H,20,23). The number of amides is 1. The number of benzene rings is 1. The van der Waals surface area contributed by atoms with Crippen molar-refractivity contribution in [3.8, 4) is 5.75 Å². The van der Waals surface area contributed by atoms with Crippen molar-refractivity contribution in [2.75, 3.05) is 38.0 Å². The molecule has 5 nitrogen and oxygen atoms in total. The largest absolute Gasteiger partial charge is 0.506 e. The zero-order chi connectivity index (χ0) is 16.1. The van der Waals surface area contributed by atoms with Gasteiger partial charge in [-0.2, -0.15) is 0 Å². The topological polar surface area (TPSA) is 64.6 Å². The monoisotopic (exact) mass is 317 g/mol. The number of likely N-dealkylation sites (tertiary alicyclic amines) is 1. The molecule has 0 spiro atoms. The maximum Gasteiger partial charge on any atom is 0.227 e. The second-order valence-electron chi connectivity index (χ2n) is 6.77. The Kier molecular flexibility index (Phi) is 5.51. The third kappa shape index (κ3) is 4.45. The van der Waals surface area contributed by atoms with Gasteiger partial charge in [0.2, 0.25) is 5.91 Å². The third-order valence-electron chi connectivity index (χ3n) is 5.10. The van der Waals surface area contributed by atoms with E-state index in [1.165, 1.54) is 19.4 Å². The van der Waals surface area contributed by atoms with Gasteiger partial charge in [0.1, 0.15) is 5.75 Å². The highest BCUT2D eigenvalue weighted by Gasteiger charge is 2.27. The van der Waals surface area contributed by atoms with E-state index < -0.39 is 0 Å². The number of nitrogens with one attached hydrogen (secondary N) is 2. The molecule has 0 aliphatic carbocycles. The lowest BCUT2D eigenvalue weighted by Gasteiger charge is -2.35.